The number of hydrogen-bond acceptors (Lipinski definition) is 2. The van der Waals surface area contributed by atoms with Crippen LogP contribution in [0, 0.1) is 5.41 Å². The molecule has 3 heteroatoms. The molecule has 0 bridgehead atoms. The van der Waals surface area contributed by atoms with E-state index in [4.69, 9.17) is 5.73 Å². The Balaban J connectivity index is 2.00. The normalized spacial score (nSPS) is 26.3. The lowest BCUT2D eigenvalue weighted by Crippen LogP contribution is -2.48. The van der Waals surface area contributed by atoms with Gasteiger partial charge in [0.15, 0.2) is 0 Å². The fraction of sp³-hybridized carbons (Fsp3) is 0.917. The maximum absolute atomic E-state index is 12.2. The van der Waals surface area contributed by atoms with Gasteiger partial charge in [0.1, 0.15) is 0 Å². The van der Waals surface area contributed by atoms with Crippen LogP contribution in [0.4, 0.5) is 0 Å². The van der Waals surface area contributed by atoms with Crippen molar-refractivity contribution in [2.45, 2.75) is 57.4 Å². The van der Waals surface area contributed by atoms with Crippen LogP contribution >= 0.6 is 0 Å². The predicted molar refractivity (Wildman–Crippen MR) is 60.4 cm³/mol. The van der Waals surface area contributed by atoms with Crippen molar-refractivity contribution >= 4 is 5.91 Å². The maximum Gasteiger partial charge on any atom is 0.226 e. The van der Waals surface area contributed by atoms with Crippen molar-refractivity contribution < 1.29 is 4.79 Å². The van der Waals surface area contributed by atoms with Crippen molar-refractivity contribution in [3.8, 4) is 0 Å². The lowest BCUT2D eigenvalue weighted by molar-refractivity contribution is -0.132. The molecule has 2 rings (SSSR count). The Hall–Kier alpha value is -0.570. The number of carbonyl (C=O) groups excluding carboxylic acids is 1. The van der Waals surface area contributed by atoms with E-state index in [2.05, 4.69) is 12.2 Å². The summed E-state index contributed by atoms with van der Waals surface area (Å²) in [6.07, 6.45) is 7.64. The summed E-state index contributed by atoms with van der Waals surface area (Å²) in [5, 5.41) is 3.19. The van der Waals surface area contributed by atoms with Gasteiger partial charge in [-0.25, -0.2) is 0 Å². The van der Waals surface area contributed by atoms with Crippen LogP contribution in [-0.2, 0) is 4.79 Å². The standard InChI is InChI=1S/C12H22N2O/c1-2-11(5-3-4-6-11)10(15)14-12(9-13)7-8-12/h2-9,13H2,1H3,(H,14,15). The van der Waals surface area contributed by atoms with Crippen molar-refractivity contribution in [2.24, 2.45) is 11.1 Å². The second kappa shape index (κ2) is 3.78. The Morgan fingerprint density at radius 3 is 2.27 bits per heavy atom. The van der Waals surface area contributed by atoms with Crippen LogP contribution in [0.2, 0.25) is 0 Å². The molecule has 0 aromatic rings. The minimum atomic E-state index is -0.0647. The fourth-order valence-electron chi connectivity index (χ4n) is 2.70. The molecule has 0 aromatic carbocycles. The highest BCUT2D eigenvalue weighted by molar-refractivity contribution is 5.84. The van der Waals surface area contributed by atoms with Gasteiger partial charge in [-0.2, -0.15) is 0 Å². The molecule has 0 radical (unpaired) electrons. The summed E-state index contributed by atoms with van der Waals surface area (Å²) in [6, 6.07) is 0. The number of rotatable bonds is 4. The van der Waals surface area contributed by atoms with Crippen LogP contribution in [0.5, 0.6) is 0 Å². The molecule has 2 aliphatic carbocycles. The van der Waals surface area contributed by atoms with Gasteiger partial charge in [-0.1, -0.05) is 19.8 Å². The largest absolute Gasteiger partial charge is 0.349 e. The van der Waals surface area contributed by atoms with E-state index in [0.717, 1.165) is 32.1 Å². The summed E-state index contributed by atoms with van der Waals surface area (Å²) in [6.45, 7) is 2.73. The molecule has 2 aliphatic rings. The summed E-state index contributed by atoms with van der Waals surface area (Å²) < 4.78 is 0. The zero-order valence-electron chi connectivity index (χ0n) is 9.64. The van der Waals surface area contributed by atoms with Crippen LogP contribution in [0.15, 0.2) is 0 Å². The number of hydrogen-bond donors (Lipinski definition) is 2. The van der Waals surface area contributed by atoms with Gasteiger partial charge in [-0.15, -0.1) is 0 Å². The van der Waals surface area contributed by atoms with E-state index in [9.17, 15) is 4.79 Å². The van der Waals surface area contributed by atoms with E-state index >= 15 is 0 Å². The van der Waals surface area contributed by atoms with E-state index in [-0.39, 0.29) is 16.9 Å². The number of nitrogens with two attached hydrogens (primary N) is 1. The molecule has 3 N–H and O–H groups in total. The average molecular weight is 210 g/mol. The van der Waals surface area contributed by atoms with Crippen molar-refractivity contribution in [3.05, 3.63) is 0 Å². The molecule has 3 nitrogen and oxygen atoms in total. The van der Waals surface area contributed by atoms with Gasteiger partial charge in [0.05, 0.1) is 5.54 Å². The summed E-state index contributed by atoms with van der Waals surface area (Å²) in [7, 11) is 0. The maximum atomic E-state index is 12.2. The predicted octanol–water partition coefficient (Wildman–Crippen LogP) is 1.56. The Morgan fingerprint density at radius 2 is 1.87 bits per heavy atom. The lowest BCUT2D eigenvalue weighted by atomic mass is 9.82. The Bertz CT molecular complexity index is 252. The number of nitrogens with one attached hydrogen (secondary N) is 1. The first-order valence-corrected chi connectivity index (χ1v) is 6.19. The van der Waals surface area contributed by atoms with E-state index in [1.807, 2.05) is 0 Å². The molecule has 0 unspecified atom stereocenters. The smallest absolute Gasteiger partial charge is 0.226 e. The van der Waals surface area contributed by atoms with Gasteiger partial charge in [0.25, 0.3) is 0 Å². The summed E-state index contributed by atoms with van der Waals surface area (Å²) in [5.74, 6) is 0.269. The van der Waals surface area contributed by atoms with Gasteiger partial charge in [0.2, 0.25) is 5.91 Å². The third-order valence-electron chi connectivity index (χ3n) is 4.34. The Kier molecular flexibility index (Phi) is 2.75. The molecule has 2 saturated carbocycles. The second-order valence-corrected chi connectivity index (χ2v) is 5.28. The highest BCUT2D eigenvalue weighted by Gasteiger charge is 2.47. The molecule has 86 valence electrons. The Labute approximate surface area is 91.8 Å². The van der Waals surface area contributed by atoms with E-state index in [1.165, 1.54) is 12.8 Å². The molecular formula is C12H22N2O. The molecule has 0 aromatic heterocycles. The van der Waals surface area contributed by atoms with Gasteiger partial charge >= 0.3 is 0 Å². The van der Waals surface area contributed by atoms with Gasteiger partial charge in [0, 0.05) is 12.0 Å². The van der Waals surface area contributed by atoms with Crippen molar-refractivity contribution in [1.29, 1.82) is 0 Å². The molecule has 0 aliphatic heterocycles. The Morgan fingerprint density at radius 1 is 1.27 bits per heavy atom. The quantitative estimate of drug-likeness (QED) is 0.740. The zero-order valence-corrected chi connectivity index (χ0v) is 9.64. The molecule has 0 saturated heterocycles. The first kappa shape index (κ1) is 10.9. The summed E-state index contributed by atoms with van der Waals surface area (Å²) in [5.41, 5.74) is 5.59. The number of carbonyl (C=O) groups is 1. The lowest BCUT2D eigenvalue weighted by Gasteiger charge is -2.29. The minimum absolute atomic E-state index is 0.0259. The van der Waals surface area contributed by atoms with Crippen molar-refractivity contribution in [2.75, 3.05) is 6.54 Å². The van der Waals surface area contributed by atoms with Gasteiger partial charge in [-0.3, -0.25) is 4.79 Å². The van der Waals surface area contributed by atoms with Gasteiger partial charge < -0.3 is 11.1 Å². The third-order valence-corrected chi connectivity index (χ3v) is 4.34. The summed E-state index contributed by atoms with van der Waals surface area (Å²) in [4.78, 5) is 12.2. The van der Waals surface area contributed by atoms with Crippen LogP contribution < -0.4 is 11.1 Å². The monoisotopic (exact) mass is 210 g/mol. The first-order chi connectivity index (χ1) is 7.16. The minimum Gasteiger partial charge on any atom is -0.349 e. The fourth-order valence-corrected chi connectivity index (χ4v) is 2.70. The van der Waals surface area contributed by atoms with Crippen molar-refractivity contribution in [3.63, 3.8) is 0 Å². The van der Waals surface area contributed by atoms with Gasteiger partial charge in [-0.05, 0) is 32.1 Å². The zero-order chi connectivity index (χ0) is 10.9. The molecule has 0 spiro atoms. The van der Waals surface area contributed by atoms with Crippen LogP contribution in [0.25, 0.3) is 0 Å². The van der Waals surface area contributed by atoms with Crippen LogP contribution in [0.1, 0.15) is 51.9 Å². The van der Waals surface area contributed by atoms with Crippen LogP contribution in [0.3, 0.4) is 0 Å². The van der Waals surface area contributed by atoms with Crippen molar-refractivity contribution in [1.82, 2.24) is 5.32 Å². The average Bonchev–Trinajstić information content (AvgIpc) is 2.85. The van der Waals surface area contributed by atoms with E-state index < -0.39 is 0 Å². The molecule has 1 amide bonds. The summed E-state index contributed by atoms with van der Waals surface area (Å²) >= 11 is 0. The molecular weight excluding hydrogens is 188 g/mol. The van der Waals surface area contributed by atoms with Crippen LogP contribution in [-0.4, -0.2) is 18.0 Å². The second-order valence-electron chi connectivity index (χ2n) is 5.28. The first-order valence-electron chi connectivity index (χ1n) is 6.19. The number of amides is 1. The molecule has 15 heavy (non-hydrogen) atoms. The molecule has 2 fully saturated rings. The molecule has 0 heterocycles. The van der Waals surface area contributed by atoms with E-state index in [0.29, 0.717) is 6.54 Å². The highest BCUT2D eigenvalue weighted by Crippen LogP contribution is 2.43. The third kappa shape index (κ3) is 1.89. The van der Waals surface area contributed by atoms with E-state index in [1.54, 1.807) is 0 Å². The topological polar surface area (TPSA) is 55.1 Å². The SMILES string of the molecule is CCC1(C(=O)NC2(CN)CC2)CCCC1. The highest BCUT2D eigenvalue weighted by atomic mass is 16.2. The molecule has 0 atom stereocenters.